The predicted molar refractivity (Wildman–Crippen MR) is 43.4 cm³/mol. The highest BCUT2D eigenvalue weighted by Crippen LogP contribution is 2.28. The molecule has 0 aliphatic heterocycles. The number of rotatable bonds is 1. The molecule has 0 aromatic carbocycles. The van der Waals surface area contributed by atoms with Gasteiger partial charge in [-0.1, -0.05) is 23.2 Å². The summed E-state index contributed by atoms with van der Waals surface area (Å²) in [6.45, 7) is 0. The molecule has 7 heteroatoms. The molecule has 1 aromatic heterocycles. The zero-order chi connectivity index (χ0) is 8.97. The van der Waals surface area contributed by atoms with E-state index in [0.29, 0.717) is 0 Å². The molecule has 0 spiro atoms. The van der Waals surface area contributed by atoms with E-state index < -0.39 is 0 Å². The lowest BCUT2D eigenvalue weighted by atomic mass is 10.5. The lowest BCUT2D eigenvalue weighted by Gasteiger charge is -1.93. The maximum atomic E-state index is 8.00. The summed E-state index contributed by atoms with van der Waals surface area (Å²) in [6, 6.07) is 1.93. The second kappa shape index (κ2) is 4.01. The molecule has 0 amide bonds. The molecule has 1 heterocycles. The van der Waals surface area contributed by atoms with E-state index in [4.69, 9.17) is 28.4 Å². The zero-order valence-corrected chi connectivity index (χ0v) is 7.08. The molecular weight excluding hydrogens is 203 g/mol. The summed E-state index contributed by atoms with van der Waals surface area (Å²) in [4.78, 5) is 3.50. The Bertz CT molecular complexity index is 347. The highest BCUT2D eigenvalue weighted by Gasteiger charge is 2.04. The first kappa shape index (κ1) is 8.93. The van der Waals surface area contributed by atoms with Crippen molar-refractivity contribution in [3.05, 3.63) is 16.4 Å². The third kappa shape index (κ3) is 1.92. The Morgan fingerprint density at radius 2 is 2.25 bits per heavy atom. The minimum Gasteiger partial charge on any atom is -0.403 e. The zero-order valence-electron chi connectivity index (χ0n) is 5.57. The predicted octanol–water partition coefficient (Wildman–Crippen LogP) is 1.98. The fourth-order valence-electron chi connectivity index (χ4n) is 0.495. The largest absolute Gasteiger partial charge is 0.403 e. The maximum Gasteiger partial charge on any atom is 0.172 e. The summed E-state index contributed by atoms with van der Waals surface area (Å²) in [5.41, 5.74) is 0.245. The minimum atomic E-state index is 0.0395. The quantitative estimate of drug-likeness (QED) is 0.432. The third-order valence-corrected chi connectivity index (χ3v) is 1.68. The molecule has 0 fully saturated rings. The smallest absolute Gasteiger partial charge is 0.172 e. The van der Waals surface area contributed by atoms with E-state index in [2.05, 4.69) is 20.3 Å². The van der Waals surface area contributed by atoms with E-state index in [1.54, 1.807) is 0 Å². The van der Waals surface area contributed by atoms with Crippen LogP contribution in [-0.2, 0) is 0 Å². The molecule has 1 rings (SSSR count). The summed E-state index contributed by atoms with van der Waals surface area (Å²) >= 11 is 11.1. The van der Waals surface area contributed by atoms with Crippen LogP contribution in [0.1, 0.15) is 0 Å². The van der Waals surface area contributed by atoms with Gasteiger partial charge in [-0.25, -0.2) is 0 Å². The van der Waals surface area contributed by atoms with Gasteiger partial charge in [0.1, 0.15) is 16.7 Å². The molecule has 0 saturated carbocycles. The maximum absolute atomic E-state index is 8.00. The fraction of sp³-hybridized carbons (Fsp3) is 0. The lowest BCUT2D eigenvalue weighted by Crippen LogP contribution is -1.81. The molecule has 62 valence electrons. The van der Waals surface area contributed by atoms with Crippen molar-refractivity contribution in [1.29, 1.82) is 0 Å². The molecule has 0 aliphatic rings. The van der Waals surface area contributed by atoms with Crippen LogP contribution in [0.5, 0.6) is 0 Å². The van der Waals surface area contributed by atoms with E-state index in [0.717, 1.165) is 0 Å². The van der Waals surface area contributed by atoms with Gasteiger partial charge in [0.2, 0.25) is 0 Å². The summed E-state index contributed by atoms with van der Waals surface area (Å²) in [7, 11) is 0. The van der Waals surface area contributed by atoms with Gasteiger partial charge < -0.3 is 5.21 Å². The van der Waals surface area contributed by atoms with E-state index in [1.807, 2.05) is 6.01 Å². The average Bonchev–Trinajstić information content (AvgIpc) is 2.08. The van der Waals surface area contributed by atoms with E-state index >= 15 is 0 Å². The minimum absolute atomic E-state index is 0.0395. The standard InChI is InChI=1S/C5H2Cl2N4O/c6-4-3(8-2-10-12)1-9-11-5(4)7/h1,12H. The van der Waals surface area contributed by atoms with Crippen LogP contribution in [0.4, 0.5) is 5.69 Å². The second-order valence-corrected chi connectivity index (χ2v) is 2.38. The molecule has 1 N–H and O–H groups in total. The number of halogens is 2. The first-order valence-electron chi connectivity index (χ1n) is 2.72. The van der Waals surface area contributed by atoms with Gasteiger partial charge in [-0.3, -0.25) is 0 Å². The van der Waals surface area contributed by atoms with Gasteiger partial charge in [0.15, 0.2) is 5.15 Å². The highest BCUT2D eigenvalue weighted by molar-refractivity contribution is 6.42. The SMILES string of the molecule is ON=C=Nc1cnnc(Cl)c1Cl. The summed E-state index contributed by atoms with van der Waals surface area (Å²) in [6.07, 6.45) is 1.27. The molecule has 5 nitrogen and oxygen atoms in total. The monoisotopic (exact) mass is 204 g/mol. The Labute approximate surface area is 77.3 Å². The van der Waals surface area contributed by atoms with E-state index in [9.17, 15) is 0 Å². The molecule has 0 atom stereocenters. The topological polar surface area (TPSA) is 70.7 Å². The molecule has 0 bridgehead atoms. The molecule has 0 radical (unpaired) electrons. The van der Waals surface area contributed by atoms with Crippen molar-refractivity contribution in [3.8, 4) is 0 Å². The van der Waals surface area contributed by atoms with Gasteiger partial charge in [0.25, 0.3) is 0 Å². The molecule has 0 unspecified atom stereocenters. The van der Waals surface area contributed by atoms with Crippen molar-refractivity contribution >= 4 is 34.9 Å². The first-order chi connectivity index (χ1) is 5.75. The Balaban J connectivity index is 3.17. The second-order valence-electron chi connectivity index (χ2n) is 1.65. The average molecular weight is 205 g/mol. The van der Waals surface area contributed by atoms with Gasteiger partial charge in [-0.05, 0) is 5.16 Å². The fourth-order valence-corrected chi connectivity index (χ4v) is 0.764. The summed E-state index contributed by atoms with van der Waals surface area (Å²) < 4.78 is 0. The van der Waals surface area contributed by atoms with Crippen LogP contribution in [0.3, 0.4) is 0 Å². The van der Waals surface area contributed by atoms with Crippen molar-refractivity contribution in [3.63, 3.8) is 0 Å². The van der Waals surface area contributed by atoms with Crippen molar-refractivity contribution in [2.24, 2.45) is 10.1 Å². The van der Waals surface area contributed by atoms with Gasteiger partial charge in [-0.15, -0.1) is 5.10 Å². The summed E-state index contributed by atoms with van der Waals surface area (Å²) in [5, 5.41) is 17.6. The van der Waals surface area contributed by atoms with Gasteiger partial charge in [-0.2, -0.15) is 10.1 Å². The number of hydrogen-bond donors (Lipinski definition) is 1. The molecule has 12 heavy (non-hydrogen) atoms. The number of nitrogens with zero attached hydrogens (tertiary/aromatic N) is 4. The first-order valence-corrected chi connectivity index (χ1v) is 3.48. The van der Waals surface area contributed by atoms with Crippen LogP contribution in [0.15, 0.2) is 16.3 Å². The normalized spacial score (nSPS) is 8.83. The van der Waals surface area contributed by atoms with Crippen molar-refractivity contribution in [2.45, 2.75) is 0 Å². The molecule has 1 aromatic rings. The lowest BCUT2D eigenvalue weighted by molar-refractivity contribution is 0.322. The van der Waals surface area contributed by atoms with Crippen LogP contribution in [-0.4, -0.2) is 21.4 Å². The Morgan fingerprint density at radius 1 is 1.50 bits per heavy atom. The van der Waals surface area contributed by atoms with Crippen molar-refractivity contribution in [1.82, 2.24) is 10.2 Å². The van der Waals surface area contributed by atoms with Crippen LogP contribution in [0.2, 0.25) is 10.2 Å². The van der Waals surface area contributed by atoms with E-state index in [-0.39, 0.29) is 15.9 Å². The van der Waals surface area contributed by atoms with E-state index in [1.165, 1.54) is 6.20 Å². The third-order valence-electron chi connectivity index (χ3n) is 0.947. The van der Waals surface area contributed by atoms with Crippen LogP contribution in [0, 0.1) is 0 Å². The Hall–Kier alpha value is -1.16. The van der Waals surface area contributed by atoms with Gasteiger partial charge in [0, 0.05) is 0 Å². The van der Waals surface area contributed by atoms with Crippen molar-refractivity contribution < 1.29 is 5.21 Å². The van der Waals surface area contributed by atoms with Crippen LogP contribution < -0.4 is 0 Å². The van der Waals surface area contributed by atoms with Crippen LogP contribution >= 0.6 is 23.2 Å². The Kier molecular flexibility index (Phi) is 2.99. The number of hydrogen-bond acceptors (Lipinski definition) is 5. The van der Waals surface area contributed by atoms with Gasteiger partial charge in [0.05, 0.1) is 6.20 Å². The Morgan fingerprint density at radius 3 is 2.92 bits per heavy atom. The highest BCUT2D eigenvalue weighted by atomic mass is 35.5. The summed E-state index contributed by atoms with van der Waals surface area (Å²) in [5.74, 6) is 0. The molecule has 0 saturated heterocycles. The number of aromatic nitrogens is 2. The molecule has 0 aliphatic carbocycles. The number of aliphatic imine (C=N–C) groups is 1. The van der Waals surface area contributed by atoms with Crippen molar-refractivity contribution in [2.75, 3.05) is 0 Å². The molecular formula is C5H2Cl2N4O. The van der Waals surface area contributed by atoms with Gasteiger partial charge >= 0.3 is 0 Å². The van der Waals surface area contributed by atoms with Crippen LogP contribution in [0.25, 0.3) is 0 Å².